The van der Waals surface area contributed by atoms with Crippen LogP contribution in [0.3, 0.4) is 0 Å². The lowest BCUT2D eigenvalue weighted by atomic mass is 10.1. The van der Waals surface area contributed by atoms with Crippen molar-refractivity contribution in [2.75, 3.05) is 6.54 Å². The van der Waals surface area contributed by atoms with Gasteiger partial charge in [-0.3, -0.25) is 9.88 Å². The summed E-state index contributed by atoms with van der Waals surface area (Å²) < 4.78 is 2.01. The van der Waals surface area contributed by atoms with Crippen molar-refractivity contribution in [1.82, 2.24) is 24.6 Å². The van der Waals surface area contributed by atoms with Gasteiger partial charge in [-0.2, -0.15) is 0 Å². The quantitative estimate of drug-likeness (QED) is 0.740. The third-order valence-electron chi connectivity index (χ3n) is 4.59. The topological polar surface area (TPSA) is 46.8 Å². The van der Waals surface area contributed by atoms with Crippen molar-refractivity contribution in [2.45, 2.75) is 25.4 Å². The van der Waals surface area contributed by atoms with Gasteiger partial charge in [0.05, 0.1) is 11.6 Å². The van der Waals surface area contributed by atoms with E-state index in [9.17, 15) is 0 Å². The molecule has 2 aromatic heterocycles. The fourth-order valence-corrected chi connectivity index (χ4v) is 3.65. The molecule has 6 heteroatoms. The Morgan fingerprint density at radius 3 is 3.04 bits per heavy atom. The molecule has 5 nitrogen and oxygen atoms in total. The molecule has 0 bridgehead atoms. The van der Waals surface area contributed by atoms with Crippen LogP contribution >= 0.6 is 11.6 Å². The molecule has 0 N–H and O–H groups in total. The third-order valence-corrected chi connectivity index (χ3v) is 4.95. The summed E-state index contributed by atoms with van der Waals surface area (Å²) >= 11 is 6.49. The first-order valence-electron chi connectivity index (χ1n) is 7.84. The summed E-state index contributed by atoms with van der Waals surface area (Å²) in [6.07, 6.45) is 5.85. The summed E-state index contributed by atoms with van der Waals surface area (Å²) in [5, 5.41) is 10.2. The maximum Gasteiger partial charge on any atom is 0.149 e. The summed E-state index contributed by atoms with van der Waals surface area (Å²) in [6.45, 7) is 1.82. The van der Waals surface area contributed by atoms with Crippen molar-refractivity contribution in [2.24, 2.45) is 7.05 Å². The van der Waals surface area contributed by atoms with E-state index in [4.69, 9.17) is 11.6 Å². The van der Waals surface area contributed by atoms with E-state index in [-0.39, 0.29) is 6.04 Å². The van der Waals surface area contributed by atoms with Crippen molar-refractivity contribution in [1.29, 1.82) is 0 Å². The average molecular weight is 328 g/mol. The summed E-state index contributed by atoms with van der Waals surface area (Å²) in [5.41, 5.74) is 2.09. The highest BCUT2D eigenvalue weighted by atomic mass is 35.5. The van der Waals surface area contributed by atoms with E-state index >= 15 is 0 Å². The number of rotatable bonds is 3. The van der Waals surface area contributed by atoms with Crippen molar-refractivity contribution in [3.05, 3.63) is 53.2 Å². The number of halogens is 1. The lowest BCUT2D eigenvalue weighted by Gasteiger charge is -2.24. The average Bonchev–Trinajstić information content (AvgIpc) is 3.18. The van der Waals surface area contributed by atoms with Crippen LogP contribution in [-0.4, -0.2) is 31.2 Å². The minimum Gasteiger partial charge on any atom is -0.319 e. The van der Waals surface area contributed by atoms with Crippen LogP contribution in [0.15, 0.2) is 36.8 Å². The molecule has 0 radical (unpaired) electrons. The van der Waals surface area contributed by atoms with E-state index in [1.54, 1.807) is 6.33 Å². The smallest absolute Gasteiger partial charge is 0.149 e. The minimum atomic E-state index is 0.289. The number of nitrogens with zero attached hydrogens (tertiary/aromatic N) is 5. The van der Waals surface area contributed by atoms with Gasteiger partial charge in [0.2, 0.25) is 0 Å². The van der Waals surface area contributed by atoms with E-state index < -0.39 is 0 Å². The van der Waals surface area contributed by atoms with Gasteiger partial charge >= 0.3 is 0 Å². The van der Waals surface area contributed by atoms with Gasteiger partial charge < -0.3 is 4.57 Å². The SMILES string of the molecule is Cn1cnnc1C1CCCN1Cc1c(Cl)ccc2cccnc12. The first-order chi connectivity index (χ1) is 11.2. The summed E-state index contributed by atoms with van der Waals surface area (Å²) in [4.78, 5) is 6.98. The molecule has 1 aromatic carbocycles. The van der Waals surface area contributed by atoms with Crippen molar-refractivity contribution in [3.8, 4) is 0 Å². The van der Waals surface area contributed by atoms with E-state index in [0.717, 1.165) is 53.2 Å². The normalized spacial score (nSPS) is 18.8. The Kier molecular flexibility index (Phi) is 3.75. The van der Waals surface area contributed by atoms with Gasteiger partial charge in [0.1, 0.15) is 12.2 Å². The highest BCUT2D eigenvalue weighted by molar-refractivity contribution is 6.32. The molecule has 0 spiro atoms. The van der Waals surface area contributed by atoms with Crippen LogP contribution in [0.2, 0.25) is 5.02 Å². The highest BCUT2D eigenvalue weighted by Gasteiger charge is 2.30. The molecule has 0 saturated carbocycles. The van der Waals surface area contributed by atoms with Crippen LogP contribution < -0.4 is 0 Å². The standard InChI is InChI=1S/C17H18ClN5/c1-22-11-20-21-17(22)15-5-3-9-23(15)10-13-14(18)7-6-12-4-2-8-19-16(12)13/h2,4,6-8,11,15H,3,5,9-10H2,1H3. The fraction of sp³-hybridized carbons (Fsp3) is 0.353. The molecule has 1 saturated heterocycles. The molecule has 23 heavy (non-hydrogen) atoms. The zero-order valence-electron chi connectivity index (χ0n) is 13.0. The molecule has 1 aliphatic heterocycles. The van der Waals surface area contributed by atoms with E-state index in [1.807, 2.05) is 36.0 Å². The molecular weight excluding hydrogens is 310 g/mol. The molecule has 1 aliphatic rings. The number of benzene rings is 1. The largest absolute Gasteiger partial charge is 0.319 e. The van der Waals surface area contributed by atoms with Crippen LogP contribution in [0.5, 0.6) is 0 Å². The number of hydrogen-bond donors (Lipinski definition) is 0. The fourth-order valence-electron chi connectivity index (χ4n) is 3.44. The number of likely N-dealkylation sites (tertiary alicyclic amines) is 1. The third kappa shape index (κ3) is 2.60. The molecule has 0 amide bonds. The molecule has 0 aliphatic carbocycles. The monoisotopic (exact) mass is 327 g/mol. The summed E-state index contributed by atoms with van der Waals surface area (Å²) in [5.74, 6) is 1.02. The predicted molar refractivity (Wildman–Crippen MR) is 90.1 cm³/mol. The van der Waals surface area contributed by atoms with E-state index in [1.165, 1.54) is 0 Å². The first kappa shape index (κ1) is 14.6. The van der Waals surface area contributed by atoms with Crippen LogP contribution in [0.4, 0.5) is 0 Å². The second-order valence-corrected chi connectivity index (χ2v) is 6.44. The molecular formula is C17H18ClN5. The molecule has 1 fully saturated rings. The van der Waals surface area contributed by atoms with Crippen molar-refractivity contribution < 1.29 is 0 Å². The second-order valence-electron chi connectivity index (χ2n) is 6.03. The van der Waals surface area contributed by atoms with Crippen LogP contribution in [0, 0.1) is 0 Å². The lowest BCUT2D eigenvalue weighted by Crippen LogP contribution is -2.25. The molecule has 4 rings (SSSR count). The molecule has 3 aromatic rings. The van der Waals surface area contributed by atoms with Crippen molar-refractivity contribution >= 4 is 22.5 Å². The van der Waals surface area contributed by atoms with Crippen LogP contribution in [0.25, 0.3) is 10.9 Å². The number of fused-ring (bicyclic) bond motifs is 1. The predicted octanol–water partition coefficient (Wildman–Crippen LogP) is 3.35. The van der Waals surface area contributed by atoms with Gasteiger partial charge in [-0.05, 0) is 31.5 Å². The molecule has 118 valence electrons. The Morgan fingerprint density at radius 1 is 1.30 bits per heavy atom. The summed E-state index contributed by atoms with van der Waals surface area (Å²) in [7, 11) is 2.00. The molecule has 1 atom stereocenters. The Hall–Kier alpha value is -1.98. The number of aryl methyl sites for hydroxylation is 1. The second kappa shape index (κ2) is 5.91. The van der Waals surface area contributed by atoms with E-state index in [2.05, 4.69) is 26.1 Å². The Bertz CT molecular complexity index is 844. The van der Waals surface area contributed by atoms with Gasteiger partial charge in [-0.1, -0.05) is 23.7 Å². The summed E-state index contributed by atoms with van der Waals surface area (Å²) in [6, 6.07) is 8.31. The van der Waals surface area contributed by atoms with Gasteiger partial charge in [0.15, 0.2) is 0 Å². The molecule has 1 unspecified atom stereocenters. The van der Waals surface area contributed by atoms with Gasteiger partial charge in [0.25, 0.3) is 0 Å². The number of pyridine rings is 1. The highest BCUT2D eigenvalue weighted by Crippen LogP contribution is 2.34. The van der Waals surface area contributed by atoms with Gasteiger partial charge in [-0.25, -0.2) is 0 Å². The lowest BCUT2D eigenvalue weighted by molar-refractivity contribution is 0.237. The molecule has 3 heterocycles. The number of hydrogen-bond acceptors (Lipinski definition) is 4. The number of aromatic nitrogens is 4. The first-order valence-corrected chi connectivity index (χ1v) is 8.22. The Morgan fingerprint density at radius 2 is 2.22 bits per heavy atom. The van der Waals surface area contributed by atoms with Crippen LogP contribution in [-0.2, 0) is 13.6 Å². The Balaban J connectivity index is 1.70. The van der Waals surface area contributed by atoms with Crippen LogP contribution in [0.1, 0.15) is 30.3 Å². The van der Waals surface area contributed by atoms with Crippen molar-refractivity contribution in [3.63, 3.8) is 0 Å². The van der Waals surface area contributed by atoms with Gasteiger partial charge in [0, 0.05) is 35.8 Å². The minimum absolute atomic E-state index is 0.289. The van der Waals surface area contributed by atoms with E-state index in [0.29, 0.717) is 0 Å². The Labute approximate surface area is 139 Å². The van der Waals surface area contributed by atoms with Gasteiger partial charge in [-0.15, -0.1) is 10.2 Å². The zero-order chi connectivity index (χ0) is 15.8. The zero-order valence-corrected chi connectivity index (χ0v) is 13.7. The maximum atomic E-state index is 6.49. The maximum absolute atomic E-state index is 6.49.